The van der Waals surface area contributed by atoms with Crippen molar-refractivity contribution in [3.63, 3.8) is 0 Å². The molecule has 0 heterocycles. The number of aliphatic hydroxyl groups excluding tert-OH is 3. The molecule has 0 aromatic rings. The SMILES string of the molecule is CCCCO.OCCO.[NaH]. The molecule has 0 aliphatic heterocycles. The first-order valence-electron chi connectivity index (χ1n) is 3.16. The van der Waals surface area contributed by atoms with Crippen molar-refractivity contribution in [2.24, 2.45) is 0 Å². The number of hydrogen-bond acceptors (Lipinski definition) is 3. The van der Waals surface area contributed by atoms with Gasteiger partial charge in [-0.25, -0.2) is 0 Å². The maximum absolute atomic E-state index is 8.07. The van der Waals surface area contributed by atoms with Crippen LogP contribution in [0.25, 0.3) is 0 Å². The molecule has 10 heavy (non-hydrogen) atoms. The van der Waals surface area contributed by atoms with Crippen LogP contribution < -0.4 is 0 Å². The first-order valence-corrected chi connectivity index (χ1v) is 3.16. The molecule has 0 bridgehead atoms. The van der Waals surface area contributed by atoms with Gasteiger partial charge in [0.1, 0.15) is 0 Å². The molecule has 0 saturated carbocycles. The average Bonchev–Trinajstić information content (AvgIpc) is 1.91. The van der Waals surface area contributed by atoms with Gasteiger partial charge in [-0.15, -0.1) is 0 Å². The minimum atomic E-state index is -0.125. The summed E-state index contributed by atoms with van der Waals surface area (Å²) in [4.78, 5) is 0. The number of aliphatic hydroxyl groups is 3. The summed E-state index contributed by atoms with van der Waals surface area (Å²) in [5.41, 5.74) is 0. The summed E-state index contributed by atoms with van der Waals surface area (Å²) in [6.07, 6.45) is 2.04. The van der Waals surface area contributed by atoms with Crippen molar-refractivity contribution in [2.45, 2.75) is 19.8 Å². The van der Waals surface area contributed by atoms with Crippen molar-refractivity contribution >= 4 is 29.6 Å². The van der Waals surface area contributed by atoms with Gasteiger partial charge in [0.2, 0.25) is 0 Å². The van der Waals surface area contributed by atoms with E-state index in [4.69, 9.17) is 15.3 Å². The fourth-order valence-corrected chi connectivity index (χ4v) is 0.158. The van der Waals surface area contributed by atoms with Crippen molar-refractivity contribution in [1.82, 2.24) is 0 Å². The van der Waals surface area contributed by atoms with Crippen LogP contribution in [-0.2, 0) is 0 Å². The van der Waals surface area contributed by atoms with Crippen molar-refractivity contribution < 1.29 is 15.3 Å². The van der Waals surface area contributed by atoms with Crippen LogP contribution in [0, 0.1) is 0 Å². The molecule has 3 N–H and O–H groups in total. The Hall–Kier alpha value is 0.880. The van der Waals surface area contributed by atoms with Gasteiger partial charge in [0.05, 0.1) is 13.2 Å². The Morgan fingerprint density at radius 2 is 1.30 bits per heavy atom. The Bertz CT molecular complexity index is 32.2. The van der Waals surface area contributed by atoms with Crippen LogP contribution >= 0.6 is 0 Å². The van der Waals surface area contributed by atoms with E-state index in [1.54, 1.807) is 0 Å². The first kappa shape index (κ1) is 17.1. The van der Waals surface area contributed by atoms with Gasteiger partial charge in [0.15, 0.2) is 0 Å². The molecule has 0 spiro atoms. The molecule has 0 aromatic carbocycles. The van der Waals surface area contributed by atoms with E-state index in [0.29, 0.717) is 6.61 Å². The van der Waals surface area contributed by atoms with E-state index >= 15 is 0 Å². The summed E-state index contributed by atoms with van der Waals surface area (Å²) in [6, 6.07) is 0. The Kier molecular flexibility index (Phi) is 38.5. The van der Waals surface area contributed by atoms with Gasteiger partial charge in [-0.2, -0.15) is 0 Å². The molecule has 0 radical (unpaired) electrons. The van der Waals surface area contributed by atoms with E-state index in [9.17, 15) is 0 Å². The molecule has 0 amide bonds. The van der Waals surface area contributed by atoms with Gasteiger partial charge in [-0.3, -0.25) is 0 Å². The summed E-state index contributed by atoms with van der Waals surface area (Å²) in [5.74, 6) is 0. The third kappa shape index (κ3) is 36.6. The third-order valence-corrected chi connectivity index (χ3v) is 0.612. The Labute approximate surface area is 84.4 Å². The molecule has 0 rings (SSSR count). The van der Waals surface area contributed by atoms with Crippen LogP contribution in [0.15, 0.2) is 0 Å². The summed E-state index contributed by atoms with van der Waals surface area (Å²) < 4.78 is 0. The van der Waals surface area contributed by atoms with Crippen molar-refractivity contribution in [1.29, 1.82) is 0 Å². The predicted molar refractivity (Wildman–Crippen MR) is 43.3 cm³/mol. The standard InChI is InChI=1S/C4H10O.C2H6O2.Na.H/c1-2-3-4-5;3-1-2-4;;/h5H,2-4H2,1H3;3-4H,1-2H2;;. The van der Waals surface area contributed by atoms with Gasteiger partial charge in [0.25, 0.3) is 0 Å². The van der Waals surface area contributed by atoms with Gasteiger partial charge in [-0.1, -0.05) is 13.3 Å². The van der Waals surface area contributed by atoms with E-state index in [0.717, 1.165) is 12.8 Å². The zero-order chi connectivity index (χ0) is 7.54. The van der Waals surface area contributed by atoms with Gasteiger partial charge < -0.3 is 15.3 Å². The summed E-state index contributed by atoms with van der Waals surface area (Å²) in [7, 11) is 0. The zero-order valence-corrected chi connectivity index (χ0v) is 5.88. The maximum atomic E-state index is 8.07. The number of hydrogen-bond donors (Lipinski definition) is 3. The molecule has 0 saturated heterocycles. The summed E-state index contributed by atoms with van der Waals surface area (Å²) >= 11 is 0. The van der Waals surface area contributed by atoms with Gasteiger partial charge >= 0.3 is 29.6 Å². The molecule has 3 nitrogen and oxygen atoms in total. The first-order chi connectivity index (χ1) is 4.33. The normalized spacial score (nSPS) is 7.20. The summed E-state index contributed by atoms with van der Waals surface area (Å²) in [6.45, 7) is 2.15. The van der Waals surface area contributed by atoms with E-state index in [1.807, 2.05) is 0 Å². The van der Waals surface area contributed by atoms with E-state index in [2.05, 4.69) is 6.92 Å². The average molecular weight is 160 g/mol. The van der Waals surface area contributed by atoms with Crippen molar-refractivity contribution in [3.8, 4) is 0 Å². The number of rotatable bonds is 3. The molecular weight excluding hydrogens is 143 g/mol. The number of unbranched alkanes of at least 4 members (excludes halogenated alkanes) is 1. The predicted octanol–water partition coefficient (Wildman–Crippen LogP) is -0.899. The zero-order valence-electron chi connectivity index (χ0n) is 5.88. The molecule has 0 fully saturated rings. The molecular formula is C6H17NaO3. The van der Waals surface area contributed by atoms with Gasteiger partial charge in [0, 0.05) is 6.61 Å². The van der Waals surface area contributed by atoms with E-state index in [-0.39, 0.29) is 42.8 Å². The van der Waals surface area contributed by atoms with Crippen molar-refractivity contribution in [3.05, 3.63) is 0 Å². The third-order valence-electron chi connectivity index (χ3n) is 0.612. The molecule has 0 aliphatic carbocycles. The van der Waals surface area contributed by atoms with Crippen LogP contribution in [-0.4, -0.2) is 64.7 Å². The fraction of sp³-hybridized carbons (Fsp3) is 1.00. The Morgan fingerprint density at radius 3 is 1.30 bits per heavy atom. The Morgan fingerprint density at radius 1 is 0.900 bits per heavy atom. The van der Waals surface area contributed by atoms with E-state index in [1.165, 1.54) is 0 Å². The quantitative estimate of drug-likeness (QED) is 0.469. The molecule has 4 heteroatoms. The van der Waals surface area contributed by atoms with Crippen LogP contribution in [0.4, 0.5) is 0 Å². The second kappa shape index (κ2) is 22.5. The van der Waals surface area contributed by atoms with Crippen LogP contribution in [0.3, 0.4) is 0 Å². The second-order valence-corrected chi connectivity index (χ2v) is 1.52. The van der Waals surface area contributed by atoms with Crippen LogP contribution in [0.1, 0.15) is 19.8 Å². The molecule has 0 aromatic heterocycles. The van der Waals surface area contributed by atoms with Crippen LogP contribution in [0.5, 0.6) is 0 Å². The molecule has 0 unspecified atom stereocenters. The molecule has 0 aliphatic rings. The minimum absolute atomic E-state index is 0. The van der Waals surface area contributed by atoms with E-state index < -0.39 is 0 Å². The molecule has 60 valence electrons. The topological polar surface area (TPSA) is 60.7 Å². The van der Waals surface area contributed by atoms with Crippen molar-refractivity contribution in [2.75, 3.05) is 19.8 Å². The monoisotopic (exact) mass is 160 g/mol. The second-order valence-electron chi connectivity index (χ2n) is 1.52. The van der Waals surface area contributed by atoms with Crippen LogP contribution in [0.2, 0.25) is 0 Å². The summed E-state index contributed by atoms with van der Waals surface area (Å²) in [5, 5.41) is 23.3. The fourth-order valence-electron chi connectivity index (χ4n) is 0.158. The molecule has 0 atom stereocenters. The Balaban J connectivity index is -0.0000000910. The van der Waals surface area contributed by atoms with Gasteiger partial charge in [-0.05, 0) is 6.42 Å².